The number of nitrogens with zero attached hydrogens (tertiary/aromatic N) is 1. The summed E-state index contributed by atoms with van der Waals surface area (Å²) in [6, 6.07) is 9.73. The molecule has 0 aliphatic rings. The molecule has 0 aliphatic carbocycles. The molecule has 20 heavy (non-hydrogen) atoms. The first-order valence-corrected chi connectivity index (χ1v) is 6.16. The second-order valence-electron chi connectivity index (χ2n) is 4.07. The highest BCUT2D eigenvalue weighted by atomic mass is 35.5. The van der Waals surface area contributed by atoms with Gasteiger partial charge in [-0.1, -0.05) is 17.7 Å². The first kappa shape index (κ1) is 14.0. The lowest BCUT2D eigenvalue weighted by Crippen LogP contribution is -2.12. The quantitative estimate of drug-likeness (QED) is 0.907. The number of pyridine rings is 1. The standard InChI is InChI=1S/C14H11ClN2O3/c15-10-3-1-2-9(6-10)14(20)17-12-5-4-11(16-8-12)7-13(18)19/h1-6,8H,7H2,(H,17,20)(H,18,19). The number of rotatable bonds is 4. The molecule has 0 bridgehead atoms. The van der Waals surface area contributed by atoms with Crippen LogP contribution < -0.4 is 5.32 Å². The Labute approximate surface area is 120 Å². The number of anilines is 1. The van der Waals surface area contributed by atoms with Crippen molar-refractivity contribution in [2.45, 2.75) is 6.42 Å². The summed E-state index contributed by atoms with van der Waals surface area (Å²) in [6.45, 7) is 0. The van der Waals surface area contributed by atoms with Gasteiger partial charge in [0.15, 0.2) is 0 Å². The number of halogens is 1. The van der Waals surface area contributed by atoms with Gasteiger partial charge in [-0.05, 0) is 30.3 Å². The third-order valence-electron chi connectivity index (χ3n) is 2.50. The fourth-order valence-electron chi connectivity index (χ4n) is 1.59. The number of hydrogen-bond donors (Lipinski definition) is 2. The average molecular weight is 291 g/mol. The summed E-state index contributed by atoms with van der Waals surface area (Å²) in [5.41, 5.74) is 1.36. The van der Waals surface area contributed by atoms with E-state index in [0.29, 0.717) is 22.0 Å². The van der Waals surface area contributed by atoms with Crippen molar-refractivity contribution in [1.29, 1.82) is 0 Å². The third-order valence-corrected chi connectivity index (χ3v) is 2.74. The molecule has 0 spiro atoms. The molecule has 0 fully saturated rings. The monoisotopic (exact) mass is 290 g/mol. The summed E-state index contributed by atoms with van der Waals surface area (Å²) < 4.78 is 0. The van der Waals surface area contributed by atoms with E-state index in [-0.39, 0.29) is 12.3 Å². The van der Waals surface area contributed by atoms with E-state index in [4.69, 9.17) is 16.7 Å². The zero-order chi connectivity index (χ0) is 14.5. The van der Waals surface area contributed by atoms with Crippen LogP contribution in [-0.4, -0.2) is 22.0 Å². The van der Waals surface area contributed by atoms with Crippen molar-refractivity contribution in [2.24, 2.45) is 0 Å². The predicted octanol–water partition coefficient (Wildman–Crippen LogP) is 2.61. The molecule has 0 atom stereocenters. The zero-order valence-electron chi connectivity index (χ0n) is 10.3. The summed E-state index contributed by atoms with van der Waals surface area (Å²) in [7, 11) is 0. The van der Waals surface area contributed by atoms with Crippen LogP contribution in [0.5, 0.6) is 0 Å². The van der Waals surface area contributed by atoms with Crippen molar-refractivity contribution in [3.8, 4) is 0 Å². The van der Waals surface area contributed by atoms with E-state index in [0.717, 1.165) is 0 Å². The summed E-state index contributed by atoms with van der Waals surface area (Å²) in [6.07, 6.45) is 1.27. The van der Waals surface area contributed by atoms with Gasteiger partial charge in [0.25, 0.3) is 5.91 Å². The molecule has 0 unspecified atom stereocenters. The normalized spacial score (nSPS) is 10.1. The average Bonchev–Trinajstić information content (AvgIpc) is 2.40. The molecular weight excluding hydrogens is 280 g/mol. The van der Waals surface area contributed by atoms with Crippen molar-refractivity contribution in [3.63, 3.8) is 0 Å². The number of hydrogen-bond acceptors (Lipinski definition) is 3. The minimum Gasteiger partial charge on any atom is -0.481 e. The Morgan fingerprint density at radius 3 is 2.65 bits per heavy atom. The molecule has 1 heterocycles. The van der Waals surface area contributed by atoms with Gasteiger partial charge in [0.05, 0.1) is 24.0 Å². The molecule has 102 valence electrons. The maximum absolute atomic E-state index is 11.9. The minimum absolute atomic E-state index is 0.150. The van der Waals surface area contributed by atoms with Crippen LogP contribution in [0.4, 0.5) is 5.69 Å². The van der Waals surface area contributed by atoms with E-state index in [2.05, 4.69) is 10.3 Å². The number of carbonyl (C=O) groups excluding carboxylic acids is 1. The zero-order valence-corrected chi connectivity index (χ0v) is 11.1. The second-order valence-corrected chi connectivity index (χ2v) is 4.51. The van der Waals surface area contributed by atoms with Crippen LogP contribution in [-0.2, 0) is 11.2 Å². The number of aliphatic carboxylic acids is 1. The van der Waals surface area contributed by atoms with Gasteiger partial charge < -0.3 is 10.4 Å². The predicted molar refractivity (Wildman–Crippen MR) is 75.0 cm³/mol. The van der Waals surface area contributed by atoms with E-state index >= 15 is 0 Å². The Kier molecular flexibility index (Phi) is 4.32. The van der Waals surface area contributed by atoms with E-state index in [1.54, 1.807) is 36.4 Å². The number of nitrogens with one attached hydrogen (secondary N) is 1. The van der Waals surface area contributed by atoms with Gasteiger partial charge in [-0.2, -0.15) is 0 Å². The Bertz CT molecular complexity index is 641. The van der Waals surface area contributed by atoms with Crippen LogP contribution in [0.15, 0.2) is 42.6 Å². The Balaban J connectivity index is 2.06. The van der Waals surface area contributed by atoms with Crippen molar-refractivity contribution in [3.05, 3.63) is 58.9 Å². The Morgan fingerprint density at radius 2 is 2.05 bits per heavy atom. The minimum atomic E-state index is -0.951. The van der Waals surface area contributed by atoms with E-state index in [1.807, 2.05) is 0 Å². The molecule has 1 amide bonds. The van der Waals surface area contributed by atoms with E-state index in [9.17, 15) is 9.59 Å². The third kappa shape index (κ3) is 3.80. The molecule has 2 rings (SSSR count). The van der Waals surface area contributed by atoms with Crippen molar-refractivity contribution < 1.29 is 14.7 Å². The van der Waals surface area contributed by atoms with Crippen molar-refractivity contribution in [1.82, 2.24) is 4.98 Å². The number of amides is 1. The summed E-state index contributed by atoms with van der Waals surface area (Å²) in [4.78, 5) is 26.4. The molecule has 6 heteroatoms. The van der Waals surface area contributed by atoms with Gasteiger partial charge in [0, 0.05) is 10.6 Å². The number of carboxylic acid groups (broad SMARTS) is 1. The molecular formula is C14H11ClN2O3. The maximum atomic E-state index is 11.9. The van der Waals surface area contributed by atoms with Crippen LogP contribution in [0, 0.1) is 0 Å². The van der Waals surface area contributed by atoms with Gasteiger partial charge >= 0.3 is 5.97 Å². The first-order chi connectivity index (χ1) is 9.54. The molecule has 5 nitrogen and oxygen atoms in total. The lowest BCUT2D eigenvalue weighted by atomic mass is 10.2. The van der Waals surface area contributed by atoms with Gasteiger partial charge in [0.2, 0.25) is 0 Å². The molecule has 1 aromatic heterocycles. The summed E-state index contributed by atoms with van der Waals surface area (Å²) >= 11 is 5.81. The maximum Gasteiger partial charge on any atom is 0.309 e. The molecule has 1 aromatic carbocycles. The SMILES string of the molecule is O=C(O)Cc1ccc(NC(=O)c2cccc(Cl)c2)cn1. The fourth-order valence-corrected chi connectivity index (χ4v) is 1.78. The van der Waals surface area contributed by atoms with Gasteiger partial charge in [-0.25, -0.2) is 0 Å². The molecule has 0 saturated carbocycles. The highest BCUT2D eigenvalue weighted by Gasteiger charge is 2.07. The number of carbonyl (C=O) groups is 2. The lowest BCUT2D eigenvalue weighted by molar-refractivity contribution is -0.136. The lowest BCUT2D eigenvalue weighted by Gasteiger charge is -2.05. The van der Waals surface area contributed by atoms with Crippen LogP contribution in [0.2, 0.25) is 5.02 Å². The molecule has 2 aromatic rings. The smallest absolute Gasteiger partial charge is 0.309 e. The molecule has 0 saturated heterocycles. The van der Waals surface area contributed by atoms with Crippen LogP contribution >= 0.6 is 11.6 Å². The Morgan fingerprint density at radius 1 is 1.25 bits per heavy atom. The highest BCUT2D eigenvalue weighted by Crippen LogP contribution is 2.13. The van der Waals surface area contributed by atoms with Crippen LogP contribution in [0.3, 0.4) is 0 Å². The molecule has 2 N–H and O–H groups in total. The second kappa shape index (κ2) is 6.16. The van der Waals surface area contributed by atoms with Crippen LogP contribution in [0.1, 0.15) is 16.1 Å². The fraction of sp³-hybridized carbons (Fsp3) is 0.0714. The summed E-state index contributed by atoms with van der Waals surface area (Å²) in [5, 5.41) is 11.8. The Hall–Kier alpha value is -2.40. The molecule has 0 aliphatic heterocycles. The van der Waals surface area contributed by atoms with E-state index < -0.39 is 5.97 Å². The van der Waals surface area contributed by atoms with Gasteiger partial charge in [0.1, 0.15) is 0 Å². The van der Waals surface area contributed by atoms with Crippen molar-refractivity contribution in [2.75, 3.05) is 5.32 Å². The number of benzene rings is 1. The number of aromatic nitrogens is 1. The van der Waals surface area contributed by atoms with Gasteiger partial charge in [-0.15, -0.1) is 0 Å². The van der Waals surface area contributed by atoms with Crippen molar-refractivity contribution >= 4 is 29.2 Å². The van der Waals surface area contributed by atoms with Crippen LogP contribution in [0.25, 0.3) is 0 Å². The summed E-state index contributed by atoms with van der Waals surface area (Å²) in [5.74, 6) is -1.26. The van der Waals surface area contributed by atoms with Gasteiger partial charge in [-0.3, -0.25) is 14.6 Å². The number of carboxylic acids is 1. The largest absolute Gasteiger partial charge is 0.481 e. The topological polar surface area (TPSA) is 79.3 Å². The van der Waals surface area contributed by atoms with E-state index in [1.165, 1.54) is 6.20 Å². The molecule has 0 radical (unpaired) electrons. The first-order valence-electron chi connectivity index (χ1n) is 5.78. The highest BCUT2D eigenvalue weighted by molar-refractivity contribution is 6.31.